The Bertz CT molecular complexity index is 726. The summed E-state index contributed by atoms with van der Waals surface area (Å²) in [6, 6.07) is 18.2. The van der Waals surface area contributed by atoms with Crippen LogP contribution in [-0.4, -0.2) is 26.2 Å². The van der Waals surface area contributed by atoms with E-state index in [0.29, 0.717) is 0 Å². The Hall–Kier alpha value is -2.48. The van der Waals surface area contributed by atoms with Gasteiger partial charge in [0, 0.05) is 37.6 Å². The van der Waals surface area contributed by atoms with Crippen molar-refractivity contribution >= 4 is 16.9 Å². The van der Waals surface area contributed by atoms with Crippen LogP contribution in [-0.2, 0) is 0 Å². The first-order valence-electron chi connectivity index (χ1n) is 10.4. The zero-order valence-electron chi connectivity index (χ0n) is 16.4. The Morgan fingerprint density at radius 3 is 1.44 bits per heavy atom. The monoisotopic (exact) mass is 358 g/mol. The van der Waals surface area contributed by atoms with Crippen molar-refractivity contribution < 1.29 is 0 Å². The first kappa shape index (κ1) is 17.9. The third-order valence-electron chi connectivity index (χ3n) is 5.75. The lowest BCUT2D eigenvalue weighted by Crippen LogP contribution is -2.17. The average molecular weight is 359 g/mol. The van der Waals surface area contributed by atoms with E-state index in [1.165, 1.54) is 79.9 Å². The van der Waals surface area contributed by atoms with Crippen molar-refractivity contribution in [2.75, 3.05) is 36.0 Å². The molecule has 0 unspecified atom stereocenters. The van der Waals surface area contributed by atoms with Crippen molar-refractivity contribution in [1.29, 1.82) is 0 Å². The van der Waals surface area contributed by atoms with Gasteiger partial charge in [-0.15, -0.1) is 0 Å². The highest BCUT2D eigenvalue weighted by atomic mass is 15.1. The number of anilines is 2. The molecule has 0 aliphatic carbocycles. The second kappa shape index (κ2) is 8.47. The molecule has 2 aliphatic rings. The van der Waals surface area contributed by atoms with Gasteiger partial charge in [-0.25, -0.2) is 0 Å². The van der Waals surface area contributed by atoms with Crippen LogP contribution >= 0.6 is 0 Å². The quantitative estimate of drug-likeness (QED) is 0.614. The minimum Gasteiger partial charge on any atom is -0.372 e. The maximum Gasteiger partial charge on any atom is 0.0366 e. The van der Waals surface area contributed by atoms with Crippen molar-refractivity contribution in [3.8, 4) is 0 Å². The number of hydrogen-bond acceptors (Lipinski definition) is 2. The van der Waals surface area contributed by atoms with E-state index < -0.39 is 0 Å². The lowest BCUT2D eigenvalue weighted by molar-refractivity contribution is 0.949. The summed E-state index contributed by atoms with van der Waals surface area (Å²) in [6.45, 7) is 6.84. The zero-order valence-corrected chi connectivity index (χ0v) is 16.4. The Kier molecular flexibility index (Phi) is 5.62. The molecule has 0 saturated carbocycles. The number of nitrogens with zero attached hydrogens (tertiary/aromatic N) is 2. The second-order valence-electron chi connectivity index (χ2n) is 7.59. The molecule has 2 fully saturated rings. The summed E-state index contributed by atoms with van der Waals surface area (Å²) < 4.78 is 0. The molecule has 0 bridgehead atoms. The standard InChI is InChI=1S/C25H30N2/c1-2-3-8-25(21-9-13-23(14-10-21)26-17-4-5-18-26)22-11-15-24(16-12-22)27-19-6-7-20-27/h2-3,8-16H,4-7,17-20H2,1H3/b3-2+. The van der Waals surface area contributed by atoms with Gasteiger partial charge in [-0.05, 0) is 73.6 Å². The molecule has 2 saturated heterocycles. The van der Waals surface area contributed by atoms with Crippen molar-refractivity contribution in [2.45, 2.75) is 32.6 Å². The summed E-state index contributed by atoms with van der Waals surface area (Å²) in [6.07, 6.45) is 11.7. The third kappa shape index (κ3) is 4.10. The van der Waals surface area contributed by atoms with Crippen LogP contribution in [0.15, 0.2) is 66.8 Å². The predicted molar refractivity (Wildman–Crippen MR) is 118 cm³/mol. The maximum absolute atomic E-state index is 2.49. The number of hydrogen-bond donors (Lipinski definition) is 0. The van der Waals surface area contributed by atoms with E-state index in [0.717, 1.165) is 0 Å². The van der Waals surface area contributed by atoms with E-state index in [2.05, 4.69) is 83.5 Å². The largest absolute Gasteiger partial charge is 0.372 e. The summed E-state index contributed by atoms with van der Waals surface area (Å²) >= 11 is 0. The van der Waals surface area contributed by atoms with Gasteiger partial charge < -0.3 is 9.80 Å². The highest BCUT2D eigenvalue weighted by Crippen LogP contribution is 2.29. The molecule has 2 aliphatic heterocycles. The van der Waals surface area contributed by atoms with Crippen LogP contribution in [0.3, 0.4) is 0 Å². The lowest BCUT2D eigenvalue weighted by atomic mass is 9.96. The summed E-state index contributed by atoms with van der Waals surface area (Å²) in [4.78, 5) is 4.98. The molecule has 2 heteroatoms. The zero-order chi connectivity index (χ0) is 18.5. The molecule has 0 radical (unpaired) electrons. The number of rotatable bonds is 5. The number of allylic oxidation sites excluding steroid dienone is 3. The highest BCUT2D eigenvalue weighted by molar-refractivity contribution is 5.82. The fourth-order valence-corrected chi connectivity index (χ4v) is 4.21. The second-order valence-corrected chi connectivity index (χ2v) is 7.59. The summed E-state index contributed by atoms with van der Waals surface area (Å²) in [5.74, 6) is 0. The molecule has 0 atom stereocenters. The molecule has 4 rings (SSSR count). The molecule has 0 amide bonds. The Labute approximate surface area is 163 Å². The molecule has 2 aromatic rings. The maximum atomic E-state index is 2.49. The Balaban J connectivity index is 1.59. The fraction of sp³-hybridized carbons (Fsp3) is 0.360. The van der Waals surface area contributed by atoms with Crippen molar-refractivity contribution in [1.82, 2.24) is 0 Å². The molecule has 2 nitrogen and oxygen atoms in total. The molecule has 0 N–H and O–H groups in total. The molecule has 2 aromatic carbocycles. The molecule has 2 heterocycles. The van der Waals surface area contributed by atoms with Crippen molar-refractivity contribution in [2.24, 2.45) is 0 Å². The molecular weight excluding hydrogens is 328 g/mol. The minimum atomic E-state index is 1.19. The van der Waals surface area contributed by atoms with E-state index in [1.54, 1.807) is 0 Å². The average Bonchev–Trinajstić information content (AvgIpc) is 3.44. The van der Waals surface area contributed by atoms with E-state index in [4.69, 9.17) is 0 Å². The van der Waals surface area contributed by atoms with Crippen LogP contribution in [0.25, 0.3) is 5.57 Å². The predicted octanol–water partition coefficient (Wildman–Crippen LogP) is 5.89. The SMILES string of the molecule is C/C=C/C=C(c1ccc(N2CCCC2)cc1)c1ccc(N2CCCC2)cc1. The number of benzene rings is 2. The van der Waals surface area contributed by atoms with Gasteiger partial charge in [0.2, 0.25) is 0 Å². The fourth-order valence-electron chi connectivity index (χ4n) is 4.21. The van der Waals surface area contributed by atoms with Crippen molar-refractivity contribution in [3.63, 3.8) is 0 Å². The van der Waals surface area contributed by atoms with Gasteiger partial charge in [-0.2, -0.15) is 0 Å². The van der Waals surface area contributed by atoms with Crippen molar-refractivity contribution in [3.05, 3.63) is 77.9 Å². The molecule has 0 spiro atoms. The van der Waals surface area contributed by atoms with Crippen LogP contribution in [0.4, 0.5) is 11.4 Å². The Morgan fingerprint density at radius 1 is 0.667 bits per heavy atom. The summed E-state index contributed by atoms with van der Waals surface area (Å²) in [5.41, 5.74) is 6.56. The van der Waals surface area contributed by atoms with E-state index >= 15 is 0 Å². The van der Waals surface area contributed by atoms with E-state index in [9.17, 15) is 0 Å². The molecule has 27 heavy (non-hydrogen) atoms. The van der Waals surface area contributed by atoms with Gasteiger partial charge in [0.1, 0.15) is 0 Å². The smallest absolute Gasteiger partial charge is 0.0366 e. The first-order chi connectivity index (χ1) is 13.3. The van der Waals surface area contributed by atoms with Crippen LogP contribution in [0.5, 0.6) is 0 Å². The van der Waals surface area contributed by atoms with Crippen LogP contribution in [0.2, 0.25) is 0 Å². The van der Waals surface area contributed by atoms with E-state index in [1.807, 2.05) is 0 Å². The normalized spacial score (nSPS) is 17.1. The molecule has 0 aromatic heterocycles. The molecule has 140 valence electrons. The minimum absolute atomic E-state index is 1.19. The Morgan fingerprint density at radius 2 is 1.07 bits per heavy atom. The van der Waals surface area contributed by atoms with Crippen LogP contribution in [0.1, 0.15) is 43.7 Å². The van der Waals surface area contributed by atoms with Gasteiger partial charge in [0.15, 0.2) is 0 Å². The van der Waals surface area contributed by atoms with Gasteiger partial charge in [-0.1, -0.05) is 42.5 Å². The first-order valence-corrected chi connectivity index (χ1v) is 10.4. The van der Waals surface area contributed by atoms with Gasteiger partial charge in [0.05, 0.1) is 0 Å². The van der Waals surface area contributed by atoms with Gasteiger partial charge in [0.25, 0.3) is 0 Å². The highest BCUT2D eigenvalue weighted by Gasteiger charge is 2.14. The van der Waals surface area contributed by atoms with Gasteiger partial charge in [-0.3, -0.25) is 0 Å². The summed E-state index contributed by atoms with van der Waals surface area (Å²) in [5, 5.41) is 0. The van der Waals surface area contributed by atoms with Gasteiger partial charge >= 0.3 is 0 Å². The van der Waals surface area contributed by atoms with Crippen LogP contribution in [0, 0.1) is 0 Å². The molecular formula is C25H30N2. The third-order valence-corrected chi connectivity index (χ3v) is 5.75. The topological polar surface area (TPSA) is 6.48 Å². The van der Waals surface area contributed by atoms with E-state index in [-0.39, 0.29) is 0 Å². The lowest BCUT2D eigenvalue weighted by Gasteiger charge is -2.19. The van der Waals surface area contributed by atoms with Crippen LogP contribution < -0.4 is 9.80 Å². The summed E-state index contributed by atoms with van der Waals surface area (Å²) in [7, 11) is 0.